The van der Waals surface area contributed by atoms with Gasteiger partial charge in [-0.15, -0.1) is 0 Å². The number of aryl methyl sites for hydroxylation is 3. The van der Waals surface area contributed by atoms with Gasteiger partial charge >= 0.3 is 0 Å². The van der Waals surface area contributed by atoms with Crippen molar-refractivity contribution >= 4 is 43.0 Å². The maximum atomic E-state index is 13.7. The third kappa shape index (κ3) is 7.09. The Morgan fingerprint density at radius 1 is 0.744 bits per heavy atom. The van der Waals surface area contributed by atoms with Gasteiger partial charge in [-0.2, -0.15) is 0 Å². The number of amides is 1. The topological polar surface area (TPSA) is 131 Å². The molecule has 0 spiro atoms. The van der Waals surface area contributed by atoms with Crippen LogP contribution in [0.15, 0.2) is 94.7 Å². The Morgan fingerprint density at radius 3 is 1.91 bits per heavy atom. The van der Waals surface area contributed by atoms with E-state index in [1.165, 1.54) is 62.8 Å². The minimum atomic E-state index is -4.18. The standard InChI is InChI=1S/C31H33N3O7S2/c1-21-9-14-27(15-10-21)43(38,39)34(25-13-18-28(40-4)29(19-25)41-5)20-30(35)32-24-11-16-26(17-12-24)42(36,37)33-31-22(2)7-6-8-23(31)3/h6-19,33H,20H2,1-5H3,(H,32,35). The van der Waals surface area contributed by atoms with E-state index in [4.69, 9.17) is 9.47 Å². The van der Waals surface area contributed by atoms with Crippen LogP contribution < -0.4 is 23.8 Å². The summed E-state index contributed by atoms with van der Waals surface area (Å²) in [6.45, 7) is 4.90. The van der Waals surface area contributed by atoms with Crippen LogP contribution in [0.2, 0.25) is 0 Å². The molecule has 0 unspecified atom stereocenters. The monoisotopic (exact) mass is 623 g/mol. The summed E-state index contributed by atoms with van der Waals surface area (Å²) in [5.74, 6) is 0.0380. The third-order valence-electron chi connectivity index (χ3n) is 6.72. The molecule has 0 radical (unpaired) electrons. The van der Waals surface area contributed by atoms with Crippen LogP contribution in [0.1, 0.15) is 16.7 Å². The quantitative estimate of drug-likeness (QED) is 0.233. The first-order valence-electron chi connectivity index (χ1n) is 13.2. The lowest BCUT2D eigenvalue weighted by Crippen LogP contribution is -2.38. The lowest BCUT2D eigenvalue weighted by atomic mass is 10.1. The van der Waals surface area contributed by atoms with Gasteiger partial charge in [-0.1, -0.05) is 35.9 Å². The van der Waals surface area contributed by atoms with Crippen molar-refractivity contribution < 1.29 is 31.1 Å². The van der Waals surface area contributed by atoms with Crippen molar-refractivity contribution in [2.45, 2.75) is 30.6 Å². The molecule has 0 fully saturated rings. The number of ether oxygens (including phenoxy) is 2. The fraction of sp³-hybridized carbons (Fsp3) is 0.194. The number of nitrogens with zero attached hydrogens (tertiary/aromatic N) is 1. The van der Waals surface area contributed by atoms with Gasteiger partial charge in [0, 0.05) is 11.8 Å². The van der Waals surface area contributed by atoms with Gasteiger partial charge in [0.2, 0.25) is 5.91 Å². The van der Waals surface area contributed by atoms with Crippen molar-refractivity contribution in [3.8, 4) is 11.5 Å². The van der Waals surface area contributed by atoms with Crippen LogP contribution in [-0.4, -0.2) is 43.5 Å². The largest absolute Gasteiger partial charge is 0.493 e. The molecule has 4 rings (SSSR count). The minimum absolute atomic E-state index is 0.00190. The van der Waals surface area contributed by atoms with Crippen LogP contribution in [0.3, 0.4) is 0 Å². The van der Waals surface area contributed by atoms with E-state index in [0.717, 1.165) is 21.0 Å². The molecular weight excluding hydrogens is 590 g/mol. The molecule has 0 heterocycles. The van der Waals surface area contributed by atoms with Crippen molar-refractivity contribution in [2.75, 3.05) is 35.1 Å². The second-order valence-corrected chi connectivity index (χ2v) is 13.4. The third-order valence-corrected chi connectivity index (χ3v) is 9.87. The van der Waals surface area contributed by atoms with Crippen molar-refractivity contribution in [3.05, 3.63) is 102 Å². The first-order valence-corrected chi connectivity index (χ1v) is 16.1. The fourth-order valence-electron chi connectivity index (χ4n) is 4.35. The summed E-state index contributed by atoms with van der Waals surface area (Å²) in [5, 5.41) is 2.66. The number of rotatable bonds is 11. The van der Waals surface area contributed by atoms with Gasteiger partial charge in [-0.25, -0.2) is 16.8 Å². The molecule has 2 N–H and O–H groups in total. The second-order valence-electron chi connectivity index (χ2n) is 9.81. The average molecular weight is 624 g/mol. The van der Waals surface area contributed by atoms with Crippen LogP contribution in [0.4, 0.5) is 17.1 Å². The van der Waals surface area contributed by atoms with Crippen LogP contribution >= 0.6 is 0 Å². The lowest BCUT2D eigenvalue weighted by Gasteiger charge is -2.25. The number of para-hydroxylation sites is 1. The summed E-state index contributed by atoms with van der Waals surface area (Å²) in [4.78, 5) is 13.2. The lowest BCUT2D eigenvalue weighted by molar-refractivity contribution is -0.114. The van der Waals surface area contributed by atoms with E-state index in [1.807, 2.05) is 39.0 Å². The zero-order chi connectivity index (χ0) is 31.4. The van der Waals surface area contributed by atoms with E-state index in [1.54, 1.807) is 18.2 Å². The number of benzene rings is 4. The highest BCUT2D eigenvalue weighted by molar-refractivity contribution is 7.93. The molecule has 0 aliphatic heterocycles. The molecule has 0 bridgehead atoms. The maximum Gasteiger partial charge on any atom is 0.264 e. The normalized spacial score (nSPS) is 11.5. The van der Waals surface area contributed by atoms with Gasteiger partial charge < -0.3 is 14.8 Å². The van der Waals surface area contributed by atoms with E-state index in [0.29, 0.717) is 11.4 Å². The van der Waals surface area contributed by atoms with Crippen LogP contribution in [0.5, 0.6) is 11.5 Å². The molecule has 0 atom stereocenters. The Morgan fingerprint density at radius 2 is 1.33 bits per heavy atom. The molecule has 12 heteroatoms. The molecule has 4 aromatic carbocycles. The molecule has 226 valence electrons. The number of hydrogen-bond donors (Lipinski definition) is 2. The molecule has 0 saturated heterocycles. The predicted molar refractivity (Wildman–Crippen MR) is 167 cm³/mol. The van der Waals surface area contributed by atoms with E-state index in [9.17, 15) is 21.6 Å². The number of carbonyl (C=O) groups is 1. The van der Waals surface area contributed by atoms with Gasteiger partial charge in [0.05, 0.1) is 35.4 Å². The summed E-state index contributed by atoms with van der Waals surface area (Å²) >= 11 is 0. The first-order chi connectivity index (χ1) is 20.3. The Hall–Kier alpha value is -4.55. The Balaban J connectivity index is 1.58. The average Bonchev–Trinajstić information content (AvgIpc) is 2.98. The zero-order valence-corrected chi connectivity index (χ0v) is 26.0. The SMILES string of the molecule is COc1ccc(N(CC(=O)Nc2ccc(S(=O)(=O)Nc3c(C)cccc3C)cc2)S(=O)(=O)c2ccc(C)cc2)cc1OC. The van der Waals surface area contributed by atoms with Crippen molar-refractivity contribution in [1.29, 1.82) is 0 Å². The summed E-state index contributed by atoms with van der Waals surface area (Å²) < 4.78 is 67.7. The van der Waals surface area contributed by atoms with E-state index in [2.05, 4.69) is 10.0 Å². The van der Waals surface area contributed by atoms with Gasteiger partial charge in [-0.05, 0) is 80.4 Å². The molecule has 0 aliphatic carbocycles. The summed E-state index contributed by atoms with van der Waals surface area (Å²) in [6.07, 6.45) is 0. The van der Waals surface area contributed by atoms with Crippen LogP contribution in [0, 0.1) is 20.8 Å². The predicted octanol–water partition coefficient (Wildman–Crippen LogP) is 5.26. The van der Waals surface area contributed by atoms with Crippen molar-refractivity contribution in [2.24, 2.45) is 0 Å². The second kappa shape index (κ2) is 12.8. The number of carbonyl (C=O) groups excluding carboxylic acids is 1. The highest BCUT2D eigenvalue weighted by Crippen LogP contribution is 2.34. The number of sulfonamides is 2. The smallest absolute Gasteiger partial charge is 0.264 e. The molecule has 0 aromatic heterocycles. The van der Waals surface area contributed by atoms with Gasteiger partial charge in [0.1, 0.15) is 6.54 Å². The van der Waals surface area contributed by atoms with E-state index >= 15 is 0 Å². The molecule has 0 aliphatic rings. The number of nitrogens with one attached hydrogen (secondary N) is 2. The summed E-state index contributed by atoms with van der Waals surface area (Å²) in [5.41, 5.74) is 3.43. The van der Waals surface area contributed by atoms with Crippen LogP contribution in [-0.2, 0) is 24.8 Å². The molecule has 4 aromatic rings. The fourth-order valence-corrected chi connectivity index (χ4v) is 6.97. The summed E-state index contributed by atoms with van der Waals surface area (Å²) in [6, 6.07) is 21.9. The first kappa shape index (κ1) is 31.4. The maximum absolute atomic E-state index is 13.7. The molecule has 43 heavy (non-hydrogen) atoms. The number of methoxy groups -OCH3 is 2. The Bertz CT molecular complexity index is 1820. The highest BCUT2D eigenvalue weighted by atomic mass is 32.2. The molecular formula is C31H33N3O7S2. The van der Waals surface area contributed by atoms with Crippen molar-refractivity contribution in [3.63, 3.8) is 0 Å². The zero-order valence-electron chi connectivity index (χ0n) is 24.4. The van der Waals surface area contributed by atoms with E-state index in [-0.39, 0.29) is 26.9 Å². The van der Waals surface area contributed by atoms with Crippen molar-refractivity contribution in [1.82, 2.24) is 0 Å². The number of anilines is 3. The van der Waals surface area contributed by atoms with Gasteiger partial charge in [-0.3, -0.25) is 13.8 Å². The molecule has 10 nitrogen and oxygen atoms in total. The summed E-state index contributed by atoms with van der Waals surface area (Å²) in [7, 11) is -5.19. The Kier molecular flexibility index (Phi) is 9.31. The van der Waals surface area contributed by atoms with E-state index < -0.39 is 32.5 Å². The van der Waals surface area contributed by atoms with Gasteiger partial charge in [0.15, 0.2) is 11.5 Å². The Labute approximate surface area is 252 Å². The number of hydrogen-bond acceptors (Lipinski definition) is 7. The molecule has 0 saturated carbocycles. The highest BCUT2D eigenvalue weighted by Gasteiger charge is 2.28. The van der Waals surface area contributed by atoms with Crippen LogP contribution in [0.25, 0.3) is 0 Å². The van der Waals surface area contributed by atoms with Gasteiger partial charge in [0.25, 0.3) is 20.0 Å². The minimum Gasteiger partial charge on any atom is -0.493 e. The molecule has 1 amide bonds.